The van der Waals surface area contributed by atoms with E-state index < -0.39 is 9.84 Å². The lowest BCUT2D eigenvalue weighted by atomic mass is 9.95. The molecule has 1 rings (SSSR count). The molecule has 0 spiro atoms. The van der Waals surface area contributed by atoms with Gasteiger partial charge in [-0.2, -0.15) is 0 Å². The fraction of sp³-hybridized carbons (Fsp3) is 0.500. The van der Waals surface area contributed by atoms with Crippen LogP contribution in [0, 0.1) is 0 Å². The SMILES string of the molecule is CS(=O)(=O)CCCC(CN)c1ccc(Br)cc1. The van der Waals surface area contributed by atoms with E-state index in [9.17, 15) is 8.42 Å². The van der Waals surface area contributed by atoms with Crippen LogP contribution in [-0.4, -0.2) is 27.0 Å². The Morgan fingerprint density at radius 3 is 2.35 bits per heavy atom. The molecule has 96 valence electrons. The molecule has 0 aliphatic carbocycles. The molecule has 17 heavy (non-hydrogen) atoms. The molecule has 3 nitrogen and oxygen atoms in total. The third kappa shape index (κ3) is 5.66. The molecular weight excluding hydrogens is 302 g/mol. The highest BCUT2D eigenvalue weighted by molar-refractivity contribution is 9.10. The van der Waals surface area contributed by atoms with Crippen molar-refractivity contribution in [3.8, 4) is 0 Å². The average Bonchev–Trinajstić information content (AvgIpc) is 2.24. The Balaban J connectivity index is 2.57. The van der Waals surface area contributed by atoms with E-state index in [0.29, 0.717) is 13.0 Å². The highest BCUT2D eigenvalue weighted by Crippen LogP contribution is 2.22. The van der Waals surface area contributed by atoms with Crippen LogP contribution in [0.15, 0.2) is 28.7 Å². The number of hydrogen-bond acceptors (Lipinski definition) is 3. The van der Waals surface area contributed by atoms with Gasteiger partial charge in [-0.1, -0.05) is 28.1 Å². The number of halogens is 1. The van der Waals surface area contributed by atoms with Gasteiger partial charge in [-0.25, -0.2) is 8.42 Å². The molecule has 0 bridgehead atoms. The molecule has 0 aromatic heterocycles. The second-order valence-electron chi connectivity index (χ2n) is 4.26. The lowest BCUT2D eigenvalue weighted by Gasteiger charge is -2.14. The van der Waals surface area contributed by atoms with Crippen LogP contribution in [-0.2, 0) is 9.84 Å². The zero-order valence-electron chi connectivity index (χ0n) is 9.90. The minimum absolute atomic E-state index is 0.236. The van der Waals surface area contributed by atoms with Crippen molar-refractivity contribution in [1.29, 1.82) is 0 Å². The molecule has 0 saturated carbocycles. The van der Waals surface area contributed by atoms with E-state index in [4.69, 9.17) is 5.73 Å². The molecule has 5 heteroatoms. The highest BCUT2D eigenvalue weighted by Gasteiger charge is 2.11. The van der Waals surface area contributed by atoms with Gasteiger partial charge in [0.05, 0.1) is 0 Å². The third-order valence-electron chi connectivity index (χ3n) is 2.69. The zero-order valence-corrected chi connectivity index (χ0v) is 12.3. The molecule has 0 saturated heterocycles. The molecule has 0 amide bonds. The summed E-state index contributed by atoms with van der Waals surface area (Å²) in [6.07, 6.45) is 2.74. The van der Waals surface area contributed by atoms with Gasteiger partial charge < -0.3 is 5.73 Å². The molecule has 1 aromatic carbocycles. The lowest BCUT2D eigenvalue weighted by Crippen LogP contribution is -2.14. The third-order valence-corrected chi connectivity index (χ3v) is 4.25. The number of sulfone groups is 1. The van der Waals surface area contributed by atoms with Crippen molar-refractivity contribution in [2.45, 2.75) is 18.8 Å². The van der Waals surface area contributed by atoms with Crippen LogP contribution < -0.4 is 5.73 Å². The van der Waals surface area contributed by atoms with Gasteiger partial charge in [-0.3, -0.25) is 0 Å². The molecular formula is C12H18BrNO2S. The molecule has 1 unspecified atom stereocenters. The second kappa shape index (κ2) is 6.52. The summed E-state index contributed by atoms with van der Waals surface area (Å²) in [5.74, 6) is 0.477. The molecule has 0 aliphatic rings. The minimum atomic E-state index is -2.87. The van der Waals surface area contributed by atoms with Gasteiger partial charge in [-0.15, -0.1) is 0 Å². The van der Waals surface area contributed by atoms with Crippen LogP contribution in [0.3, 0.4) is 0 Å². The molecule has 0 aliphatic heterocycles. The predicted octanol–water partition coefficient (Wildman–Crippen LogP) is 2.32. The van der Waals surface area contributed by atoms with E-state index in [1.807, 2.05) is 24.3 Å². The van der Waals surface area contributed by atoms with Crippen molar-refractivity contribution in [3.63, 3.8) is 0 Å². The van der Waals surface area contributed by atoms with Gasteiger partial charge in [0, 0.05) is 16.5 Å². The summed E-state index contributed by atoms with van der Waals surface area (Å²) in [6, 6.07) is 8.02. The van der Waals surface area contributed by atoms with E-state index in [1.54, 1.807) is 0 Å². The van der Waals surface area contributed by atoms with E-state index >= 15 is 0 Å². The summed E-state index contributed by atoms with van der Waals surface area (Å²) < 4.78 is 23.1. The largest absolute Gasteiger partial charge is 0.330 e. The van der Waals surface area contributed by atoms with E-state index in [0.717, 1.165) is 10.9 Å². The van der Waals surface area contributed by atoms with Gasteiger partial charge in [-0.05, 0) is 43.0 Å². The maximum atomic E-state index is 11.0. The molecule has 1 atom stereocenters. The van der Waals surface area contributed by atoms with E-state index in [1.165, 1.54) is 11.8 Å². The lowest BCUT2D eigenvalue weighted by molar-refractivity contribution is 0.584. The van der Waals surface area contributed by atoms with Gasteiger partial charge in [0.2, 0.25) is 0 Å². The first kappa shape index (κ1) is 14.7. The van der Waals surface area contributed by atoms with Gasteiger partial charge in [0.15, 0.2) is 0 Å². The Kier molecular flexibility index (Phi) is 5.62. The highest BCUT2D eigenvalue weighted by atomic mass is 79.9. The van der Waals surface area contributed by atoms with Crippen molar-refractivity contribution in [1.82, 2.24) is 0 Å². The quantitative estimate of drug-likeness (QED) is 0.875. The monoisotopic (exact) mass is 319 g/mol. The van der Waals surface area contributed by atoms with Crippen LogP contribution in [0.25, 0.3) is 0 Å². The molecule has 1 aromatic rings. The van der Waals surface area contributed by atoms with Crippen molar-refractivity contribution in [2.75, 3.05) is 18.6 Å². The smallest absolute Gasteiger partial charge is 0.147 e. The fourth-order valence-corrected chi connectivity index (χ4v) is 2.70. The summed E-state index contributed by atoms with van der Waals surface area (Å²) in [5.41, 5.74) is 6.90. The molecule has 2 N–H and O–H groups in total. The Hall–Kier alpha value is -0.390. The summed E-state index contributed by atoms with van der Waals surface area (Å²) in [7, 11) is -2.87. The van der Waals surface area contributed by atoms with Crippen molar-refractivity contribution in [2.24, 2.45) is 5.73 Å². The Labute approximate surface area is 111 Å². The van der Waals surface area contributed by atoms with E-state index in [-0.39, 0.29) is 11.7 Å². The first-order valence-corrected chi connectivity index (χ1v) is 8.41. The summed E-state index contributed by atoms with van der Waals surface area (Å²) in [4.78, 5) is 0. The molecule has 0 heterocycles. The van der Waals surface area contributed by atoms with Crippen LogP contribution in [0.4, 0.5) is 0 Å². The topological polar surface area (TPSA) is 60.2 Å². The summed E-state index contributed by atoms with van der Waals surface area (Å²) in [6.45, 7) is 0.547. The predicted molar refractivity (Wildman–Crippen MR) is 74.9 cm³/mol. The van der Waals surface area contributed by atoms with Gasteiger partial charge >= 0.3 is 0 Å². The Bertz CT molecular complexity index is 442. The Morgan fingerprint density at radius 2 is 1.88 bits per heavy atom. The maximum Gasteiger partial charge on any atom is 0.147 e. The van der Waals surface area contributed by atoms with Crippen LogP contribution >= 0.6 is 15.9 Å². The van der Waals surface area contributed by atoms with Crippen LogP contribution in [0.1, 0.15) is 24.3 Å². The van der Waals surface area contributed by atoms with Gasteiger partial charge in [0.25, 0.3) is 0 Å². The first-order valence-electron chi connectivity index (χ1n) is 5.55. The maximum absolute atomic E-state index is 11.0. The van der Waals surface area contributed by atoms with Crippen molar-refractivity contribution in [3.05, 3.63) is 34.3 Å². The fourth-order valence-electron chi connectivity index (χ4n) is 1.75. The van der Waals surface area contributed by atoms with Crippen LogP contribution in [0.5, 0.6) is 0 Å². The standard InChI is InChI=1S/C12H18BrNO2S/c1-17(15,16)8-2-3-11(9-14)10-4-6-12(13)7-5-10/h4-7,11H,2-3,8-9,14H2,1H3. The van der Waals surface area contributed by atoms with Gasteiger partial charge in [0.1, 0.15) is 9.84 Å². The zero-order chi connectivity index (χ0) is 12.9. The van der Waals surface area contributed by atoms with Crippen molar-refractivity contribution >= 4 is 25.8 Å². The molecule has 0 radical (unpaired) electrons. The molecule has 0 fully saturated rings. The van der Waals surface area contributed by atoms with E-state index in [2.05, 4.69) is 15.9 Å². The summed E-state index contributed by atoms with van der Waals surface area (Å²) in [5, 5.41) is 0. The average molecular weight is 320 g/mol. The minimum Gasteiger partial charge on any atom is -0.330 e. The first-order chi connectivity index (χ1) is 7.92. The number of nitrogens with two attached hydrogens (primary N) is 1. The normalized spacial score (nSPS) is 13.6. The number of rotatable bonds is 6. The van der Waals surface area contributed by atoms with Crippen molar-refractivity contribution < 1.29 is 8.42 Å². The second-order valence-corrected chi connectivity index (χ2v) is 7.43. The van der Waals surface area contributed by atoms with Crippen LogP contribution in [0.2, 0.25) is 0 Å². The summed E-state index contributed by atoms with van der Waals surface area (Å²) >= 11 is 3.38. The number of hydrogen-bond donors (Lipinski definition) is 1. The number of benzene rings is 1. The Morgan fingerprint density at radius 1 is 1.29 bits per heavy atom.